The highest BCUT2D eigenvalue weighted by Gasteiger charge is 2.40. The Labute approximate surface area is 246 Å². The monoisotopic (exact) mass is 594 g/mol. The van der Waals surface area contributed by atoms with Gasteiger partial charge in [-0.25, -0.2) is 4.98 Å². The van der Waals surface area contributed by atoms with Crippen LogP contribution in [0.15, 0.2) is 54.6 Å². The van der Waals surface area contributed by atoms with Crippen molar-refractivity contribution in [3.05, 3.63) is 65.2 Å². The molecule has 2 aliphatic heterocycles. The first-order valence-corrected chi connectivity index (χ1v) is 14.2. The van der Waals surface area contributed by atoms with E-state index in [4.69, 9.17) is 21.1 Å². The molecule has 6 rings (SSSR count). The molecule has 5 N–H and O–H groups in total. The minimum Gasteiger partial charge on any atom is -0.456 e. The number of nitrogens with one attached hydrogen (secondary N) is 1. The van der Waals surface area contributed by atoms with E-state index in [1.54, 1.807) is 11.0 Å². The Bertz CT molecular complexity index is 1550. The molecule has 4 unspecified atom stereocenters. The van der Waals surface area contributed by atoms with Crippen LogP contribution in [-0.2, 0) is 4.74 Å². The van der Waals surface area contributed by atoms with E-state index in [1.807, 2.05) is 48.5 Å². The van der Waals surface area contributed by atoms with Crippen molar-refractivity contribution in [2.45, 2.75) is 43.4 Å². The zero-order valence-electron chi connectivity index (χ0n) is 22.6. The van der Waals surface area contributed by atoms with Crippen LogP contribution < -0.4 is 4.74 Å². The number of aromatic nitrogens is 3. The number of aromatic amines is 1. The number of amides is 1. The Balaban J connectivity index is 1.15. The molecule has 4 heterocycles. The van der Waals surface area contributed by atoms with Crippen LogP contribution in [0.2, 0.25) is 5.02 Å². The molecule has 2 fully saturated rings. The van der Waals surface area contributed by atoms with Crippen molar-refractivity contribution in [3.63, 3.8) is 0 Å². The number of halogens is 1. The maximum atomic E-state index is 12.8. The van der Waals surface area contributed by atoms with Crippen LogP contribution in [-0.4, -0.2) is 103 Å². The van der Waals surface area contributed by atoms with Gasteiger partial charge in [0, 0.05) is 24.2 Å². The third-order valence-electron chi connectivity index (χ3n) is 7.81. The van der Waals surface area contributed by atoms with Crippen molar-refractivity contribution < 1.29 is 34.7 Å². The number of nitrogens with zero attached hydrogens (tertiary/aromatic N) is 3. The summed E-state index contributed by atoms with van der Waals surface area (Å²) in [6.45, 7) is 0.676. The Morgan fingerprint density at radius 3 is 2.29 bits per heavy atom. The second-order valence-corrected chi connectivity index (χ2v) is 11.0. The van der Waals surface area contributed by atoms with Crippen molar-refractivity contribution in [2.75, 3.05) is 26.3 Å². The summed E-state index contributed by atoms with van der Waals surface area (Å²) in [5.74, 6) is -0.0250. The molecule has 2 saturated heterocycles. The molecule has 0 radical (unpaired) electrons. The molecule has 0 aliphatic carbocycles. The summed E-state index contributed by atoms with van der Waals surface area (Å²) < 4.78 is 11.1. The summed E-state index contributed by atoms with van der Waals surface area (Å²) in [7, 11) is 0. The van der Waals surface area contributed by atoms with Gasteiger partial charge in [0.1, 0.15) is 18.3 Å². The quantitative estimate of drug-likeness (QED) is 0.226. The van der Waals surface area contributed by atoms with Gasteiger partial charge in [-0.1, -0.05) is 48.0 Å². The van der Waals surface area contributed by atoms with E-state index in [0.29, 0.717) is 53.4 Å². The van der Waals surface area contributed by atoms with Gasteiger partial charge in [-0.3, -0.25) is 4.79 Å². The number of aliphatic hydroxyl groups excluding tert-OH is 4. The van der Waals surface area contributed by atoms with Crippen LogP contribution in [0.4, 0.5) is 0 Å². The molecule has 2 aromatic carbocycles. The number of carbonyl (C=O) groups excluding carboxylic acids is 1. The molecule has 2 aromatic heterocycles. The minimum absolute atomic E-state index is 0.0250. The van der Waals surface area contributed by atoms with Crippen molar-refractivity contribution in [1.82, 2.24) is 19.9 Å². The predicted octanol–water partition coefficient (Wildman–Crippen LogP) is 2.40. The SMILES string of the molecule is O=C(c1ccc(-c2ccc(-c3nc4nc(OC5COC(CO)C(O)C5O)[nH]c4cc3Cl)cc2)cc1)N1CCC(O)CC1. The Morgan fingerprint density at radius 1 is 0.976 bits per heavy atom. The molecule has 0 saturated carbocycles. The van der Waals surface area contributed by atoms with Crippen LogP contribution in [0.1, 0.15) is 23.2 Å². The Hall–Kier alpha value is -3.58. The molecular weight excluding hydrogens is 564 g/mol. The van der Waals surface area contributed by atoms with Gasteiger partial charge in [0.25, 0.3) is 11.9 Å². The maximum absolute atomic E-state index is 12.8. The molecule has 11 nitrogen and oxygen atoms in total. The third kappa shape index (κ3) is 5.71. The fourth-order valence-electron chi connectivity index (χ4n) is 5.29. The molecule has 4 aromatic rings. The molecule has 220 valence electrons. The summed E-state index contributed by atoms with van der Waals surface area (Å²) in [5, 5.41) is 39.8. The van der Waals surface area contributed by atoms with Gasteiger partial charge < -0.3 is 39.8 Å². The van der Waals surface area contributed by atoms with Gasteiger partial charge in [0.05, 0.1) is 35.6 Å². The first-order chi connectivity index (χ1) is 20.3. The van der Waals surface area contributed by atoms with Gasteiger partial charge in [0.15, 0.2) is 11.8 Å². The summed E-state index contributed by atoms with van der Waals surface area (Å²) in [6, 6.07) is 17.0. The van der Waals surface area contributed by atoms with Crippen LogP contribution in [0.3, 0.4) is 0 Å². The van der Waals surface area contributed by atoms with Gasteiger partial charge in [-0.05, 0) is 42.2 Å². The van der Waals surface area contributed by atoms with E-state index in [2.05, 4.69) is 15.0 Å². The number of fused-ring (bicyclic) bond motifs is 1. The summed E-state index contributed by atoms with van der Waals surface area (Å²) >= 11 is 6.57. The fraction of sp³-hybridized carbons (Fsp3) is 0.367. The molecule has 42 heavy (non-hydrogen) atoms. The van der Waals surface area contributed by atoms with Crippen LogP contribution in [0.5, 0.6) is 6.01 Å². The van der Waals surface area contributed by atoms with Gasteiger partial charge >= 0.3 is 0 Å². The number of pyridine rings is 1. The predicted molar refractivity (Wildman–Crippen MR) is 154 cm³/mol. The summed E-state index contributed by atoms with van der Waals surface area (Å²) in [5.41, 5.74) is 4.75. The average Bonchev–Trinajstić information content (AvgIpc) is 3.40. The van der Waals surface area contributed by atoms with E-state index in [0.717, 1.165) is 16.7 Å². The van der Waals surface area contributed by atoms with E-state index in [1.165, 1.54) is 0 Å². The van der Waals surface area contributed by atoms with E-state index in [-0.39, 0.29) is 24.6 Å². The Morgan fingerprint density at radius 2 is 1.62 bits per heavy atom. The molecule has 1 amide bonds. The standard InChI is InChI=1S/C30H31ClN4O7/c31-21-13-22-28(34-30(32-22)42-24-15-41-23(14-36)26(38)27(24)39)33-25(21)18-5-1-16(2-6-18)17-3-7-19(8-4-17)29(40)35-11-9-20(37)10-12-35/h1-8,13,20,23-24,26-27,36-39H,9-12,14-15H2,(H,32,33,34). The van der Waals surface area contributed by atoms with Crippen LogP contribution in [0.25, 0.3) is 33.5 Å². The largest absolute Gasteiger partial charge is 0.456 e. The zero-order chi connectivity index (χ0) is 29.4. The minimum atomic E-state index is -1.30. The summed E-state index contributed by atoms with van der Waals surface area (Å²) in [6.07, 6.45) is -3.45. The molecule has 0 bridgehead atoms. The first-order valence-electron chi connectivity index (χ1n) is 13.8. The highest BCUT2D eigenvalue weighted by atomic mass is 35.5. The van der Waals surface area contributed by atoms with Crippen LogP contribution in [0, 0.1) is 0 Å². The number of piperidine rings is 1. The maximum Gasteiger partial charge on any atom is 0.296 e. The molecule has 4 atom stereocenters. The van der Waals surface area contributed by atoms with Gasteiger partial charge in [0.2, 0.25) is 0 Å². The lowest BCUT2D eigenvalue weighted by Gasteiger charge is -2.36. The topological polar surface area (TPSA) is 161 Å². The van der Waals surface area contributed by atoms with Gasteiger partial charge in [-0.2, -0.15) is 4.98 Å². The smallest absolute Gasteiger partial charge is 0.296 e. The van der Waals surface area contributed by atoms with Crippen molar-refractivity contribution in [2.24, 2.45) is 0 Å². The zero-order valence-corrected chi connectivity index (χ0v) is 23.3. The number of rotatable bonds is 6. The number of imidazole rings is 1. The number of likely N-dealkylation sites (tertiary alicyclic amines) is 1. The average molecular weight is 595 g/mol. The number of hydrogen-bond acceptors (Lipinski definition) is 9. The van der Waals surface area contributed by atoms with E-state index in [9.17, 15) is 25.2 Å². The number of benzene rings is 2. The van der Waals surface area contributed by atoms with E-state index < -0.39 is 31.0 Å². The lowest BCUT2D eigenvalue weighted by Crippen LogP contribution is -2.56. The fourth-order valence-corrected chi connectivity index (χ4v) is 5.56. The van der Waals surface area contributed by atoms with Crippen molar-refractivity contribution >= 4 is 28.7 Å². The van der Waals surface area contributed by atoms with E-state index >= 15 is 0 Å². The lowest BCUT2D eigenvalue weighted by molar-refractivity contribution is -0.189. The highest BCUT2D eigenvalue weighted by molar-refractivity contribution is 6.33. The third-order valence-corrected chi connectivity index (χ3v) is 8.10. The number of hydrogen-bond donors (Lipinski definition) is 5. The number of H-pyrrole nitrogens is 1. The van der Waals surface area contributed by atoms with Crippen molar-refractivity contribution in [1.29, 1.82) is 0 Å². The van der Waals surface area contributed by atoms with Crippen molar-refractivity contribution in [3.8, 4) is 28.4 Å². The van der Waals surface area contributed by atoms with Gasteiger partial charge in [-0.15, -0.1) is 0 Å². The molecular formula is C30H31ClN4O7. The lowest BCUT2D eigenvalue weighted by atomic mass is 10.0. The molecule has 2 aliphatic rings. The second kappa shape index (κ2) is 12.0. The Kier molecular flexibility index (Phi) is 8.13. The highest BCUT2D eigenvalue weighted by Crippen LogP contribution is 2.32. The first kappa shape index (κ1) is 28.5. The number of carbonyl (C=O) groups is 1. The molecule has 12 heteroatoms. The number of ether oxygens (including phenoxy) is 2. The normalized spacial score (nSPS) is 23.3. The van der Waals surface area contributed by atoms with Crippen LogP contribution >= 0.6 is 11.6 Å². The number of aliphatic hydroxyl groups is 4. The summed E-state index contributed by atoms with van der Waals surface area (Å²) in [4.78, 5) is 26.5. The molecule has 0 spiro atoms. The second-order valence-electron chi connectivity index (χ2n) is 10.6.